The van der Waals surface area contributed by atoms with Crippen LogP contribution in [0.25, 0.3) is 11.1 Å². The quantitative estimate of drug-likeness (QED) is 0.454. The van der Waals surface area contributed by atoms with E-state index in [2.05, 4.69) is 22.8 Å². The van der Waals surface area contributed by atoms with Crippen LogP contribution in [0.1, 0.15) is 43.2 Å². The zero-order valence-electron chi connectivity index (χ0n) is 19.5. The highest BCUT2D eigenvalue weighted by Crippen LogP contribution is 2.44. The van der Waals surface area contributed by atoms with Gasteiger partial charge in [-0.15, -0.1) is 0 Å². The second kappa shape index (κ2) is 10.5. The van der Waals surface area contributed by atoms with E-state index in [-0.39, 0.29) is 18.9 Å². The van der Waals surface area contributed by atoms with E-state index in [4.69, 9.17) is 9.47 Å². The minimum absolute atomic E-state index is 0.0931. The van der Waals surface area contributed by atoms with Gasteiger partial charge in [0.1, 0.15) is 6.61 Å². The number of carboxylic acids is 1. The summed E-state index contributed by atoms with van der Waals surface area (Å²) in [6.45, 7) is 2.12. The van der Waals surface area contributed by atoms with Crippen molar-refractivity contribution in [1.29, 1.82) is 0 Å². The van der Waals surface area contributed by atoms with Gasteiger partial charge < -0.3 is 30.3 Å². The van der Waals surface area contributed by atoms with Crippen LogP contribution in [0.2, 0.25) is 0 Å². The first kappa shape index (κ1) is 24.7. The molecule has 0 radical (unpaired) electrons. The normalized spacial score (nSPS) is 18.0. The summed E-state index contributed by atoms with van der Waals surface area (Å²) >= 11 is 0. The van der Waals surface area contributed by atoms with Crippen molar-refractivity contribution in [3.05, 3.63) is 59.7 Å². The maximum atomic E-state index is 12.9. The Morgan fingerprint density at radius 1 is 1.06 bits per heavy atom. The third-order valence-electron chi connectivity index (χ3n) is 6.72. The van der Waals surface area contributed by atoms with E-state index in [1.54, 1.807) is 0 Å². The monoisotopic (exact) mass is 482 g/mol. The molecule has 4 rings (SSSR count). The minimum Gasteiger partial charge on any atom is -0.480 e. The number of nitrogens with one attached hydrogen (secondary N) is 2. The van der Waals surface area contributed by atoms with Crippen molar-refractivity contribution in [2.75, 3.05) is 19.8 Å². The smallest absolute Gasteiger partial charge is 0.407 e. The van der Waals surface area contributed by atoms with E-state index in [9.17, 15) is 24.6 Å². The number of amides is 2. The summed E-state index contributed by atoms with van der Waals surface area (Å²) in [5.74, 6) is -2.01. The molecule has 4 N–H and O–H groups in total. The van der Waals surface area contributed by atoms with Crippen molar-refractivity contribution in [3.63, 3.8) is 0 Å². The number of benzene rings is 2. The molecule has 2 aromatic rings. The highest BCUT2D eigenvalue weighted by atomic mass is 16.5. The molecule has 2 aliphatic rings. The molecule has 9 nitrogen and oxygen atoms in total. The van der Waals surface area contributed by atoms with E-state index < -0.39 is 35.7 Å². The fraction of sp³-hybridized carbons (Fsp3) is 0.423. The molecule has 0 spiro atoms. The number of fused-ring (bicyclic) bond motifs is 3. The predicted molar refractivity (Wildman–Crippen MR) is 127 cm³/mol. The van der Waals surface area contributed by atoms with E-state index >= 15 is 0 Å². The second-order valence-corrected chi connectivity index (χ2v) is 9.14. The summed E-state index contributed by atoms with van der Waals surface area (Å²) in [5.41, 5.74) is 3.51. The lowest BCUT2D eigenvalue weighted by atomic mass is 9.86. The van der Waals surface area contributed by atoms with Crippen molar-refractivity contribution in [2.45, 2.75) is 49.8 Å². The summed E-state index contributed by atoms with van der Waals surface area (Å²) < 4.78 is 11.1. The molecule has 2 atom stereocenters. The maximum Gasteiger partial charge on any atom is 0.407 e. The molecule has 9 heteroatoms. The molecule has 1 fully saturated rings. The van der Waals surface area contributed by atoms with Crippen LogP contribution in [-0.4, -0.2) is 65.7 Å². The van der Waals surface area contributed by atoms with Crippen LogP contribution in [-0.2, 0) is 19.1 Å². The van der Waals surface area contributed by atoms with Crippen LogP contribution in [0.3, 0.4) is 0 Å². The van der Waals surface area contributed by atoms with Crippen molar-refractivity contribution in [3.8, 4) is 11.1 Å². The van der Waals surface area contributed by atoms with Gasteiger partial charge in [0, 0.05) is 19.1 Å². The van der Waals surface area contributed by atoms with Gasteiger partial charge in [-0.2, -0.15) is 0 Å². The molecule has 1 aliphatic carbocycles. The Balaban J connectivity index is 1.42. The Hall–Kier alpha value is -3.43. The van der Waals surface area contributed by atoms with Gasteiger partial charge in [-0.1, -0.05) is 48.5 Å². The maximum absolute atomic E-state index is 12.9. The highest BCUT2D eigenvalue weighted by Gasteiger charge is 2.39. The summed E-state index contributed by atoms with van der Waals surface area (Å²) in [5, 5.41) is 24.1. The van der Waals surface area contributed by atoms with Gasteiger partial charge in [0.2, 0.25) is 5.91 Å². The summed E-state index contributed by atoms with van der Waals surface area (Å²) in [4.78, 5) is 36.8. The number of hydrogen-bond donors (Lipinski definition) is 4. The summed E-state index contributed by atoms with van der Waals surface area (Å²) in [6.07, 6.45) is -1.32. The molecule has 1 aliphatic heterocycles. The molecular weight excluding hydrogens is 452 g/mol. The molecule has 2 aromatic carbocycles. The zero-order chi connectivity index (χ0) is 25.0. The van der Waals surface area contributed by atoms with Gasteiger partial charge in [0.05, 0.1) is 18.1 Å². The number of carbonyl (C=O) groups excluding carboxylic acids is 2. The topological polar surface area (TPSA) is 134 Å². The molecule has 0 aromatic heterocycles. The first-order chi connectivity index (χ1) is 16.8. The van der Waals surface area contributed by atoms with Crippen LogP contribution in [0, 0.1) is 0 Å². The number of hydrogen-bond acceptors (Lipinski definition) is 6. The van der Waals surface area contributed by atoms with Gasteiger partial charge in [0.25, 0.3) is 0 Å². The van der Waals surface area contributed by atoms with Crippen LogP contribution in [0.4, 0.5) is 4.79 Å². The second-order valence-electron chi connectivity index (χ2n) is 9.14. The molecule has 0 unspecified atom stereocenters. The Bertz CT molecular complexity index is 1050. The largest absolute Gasteiger partial charge is 0.480 e. The fourth-order valence-corrected chi connectivity index (χ4v) is 4.88. The lowest BCUT2D eigenvalue weighted by Gasteiger charge is -2.37. The Labute approximate surface area is 203 Å². The number of ether oxygens (including phenoxy) is 2. The molecule has 1 heterocycles. The number of carbonyl (C=O) groups is 3. The number of aliphatic hydroxyl groups excluding tert-OH is 1. The molecule has 1 saturated heterocycles. The van der Waals surface area contributed by atoms with E-state index in [0.29, 0.717) is 26.1 Å². The van der Waals surface area contributed by atoms with Crippen molar-refractivity contribution in [1.82, 2.24) is 10.6 Å². The first-order valence-electron chi connectivity index (χ1n) is 11.7. The predicted octanol–water partition coefficient (Wildman–Crippen LogP) is 2.41. The van der Waals surface area contributed by atoms with E-state index in [0.717, 1.165) is 22.3 Å². The molecule has 0 saturated carbocycles. The standard InChI is InChI=1S/C26H30N2O7/c1-16(29)23(24(31)32)27-22(30)14-26(10-12-34-13-11-26)28-25(33)35-15-21-19-8-4-2-6-17(19)18-7-3-5-9-20(18)21/h2-9,16,21,23,29H,10-15H2,1H3,(H,27,30)(H,28,33)(H,31,32)/t16-,23+/m1/s1. The van der Waals surface area contributed by atoms with Crippen LogP contribution >= 0.6 is 0 Å². The lowest BCUT2D eigenvalue weighted by Crippen LogP contribution is -2.56. The van der Waals surface area contributed by atoms with Gasteiger partial charge in [0.15, 0.2) is 6.04 Å². The average molecular weight is 483 g/mol. The van der Waals surface area contributed by atoms with Crippen molar-refractivity contribution < 1.29 is 34.1 Å². The SMILES string of the molecule is C[C@@H](O)[C@H](NC(=O)CC1(NC(=O)OCC2c3ccccc3-c3ccccc32)CCOCC1)C(=O)O. The molecule has 186 valence electrons. The number of carboxylic acid groups (broad SMARTS) is 1. The zero-order valence-corrected chi connectivity index (χ0v) is 19.5. The summed E-state index contributed by atoms with van der Waals surface area (Å²) in [6, 6.07) is 14.6. The Morgan fingerprint density at radius 2 is 1.63 bits per heavy atom. The van der Waals surface area contributed by atoms with E-state index in [1.807, 2.05) is 36.4 Å². The van der Waals surface area contributed by atoms with Gasteiger partial charge in [-0.25, -0.2) is 9.59 Å². The van der Waals surface area contributed by atoms with Crippen molar-refractivity contribution in [2.24, 2.45) is 0 Å². The third-order valence-corrected chi connectivity index (χ3v) is 6.72. The lowest BCUT2D eigenvalue weighted by molar-refractivity contribution is -0.145. The summed E-state index contributed by atoms with van der Waals surface area (Å²) in [7, 11) is 0. The van der Waals surface area contributed by atoms with Gasteiger partial charge >= 0.3 is 12.1 Å². The number of alkyl carbamates (subject to hydrolysis) is 1. The Morgan fingerprint density at radius 3 is 2.17 bits per heavy atom. The first-order valence-corrected chi connectivity index (χ1v) is 11.7. The molecule has 35 heavy (non-hydrogen) atoms. The van der Waals surface area contributed by atoms with Gasteiger partial charge in [-0.05, 0) is 42.0 Å². The van der Waals surface area contributed by atoms with Crippen LogP contribution < -0.4 is 10.6 Å². The molecular formula is C26H30N2O7. The number of aliphatic hydroxyl groups is 1. The number of rotatable bonds is 8. The average Bonchev–Trinajstić information content (AvgIpc) is 3.15. The third kappa shape index (κ3) is 5.47. The molecule has 2 amide bonds. The number of aliphatic carboxylic acids is 1. The fourth-order valence-electron chi connectivity index (χ4n) is 4.88. The van der Waals surface area contributed by atoms with Gasteiger partial charge in [-0.3, -0.25) is 4.79 Å². The highest BCUT2D eigenvalue weighted by molar-refractivity contribution is 5.85. The van der Waals surface area contributed by atoms with Crippen LogP contribution in [0.5, 0.6) is 0 Å². The minimum atomic E-state index is -1.44. The van der Waals surface area contributed by atoms with E-state index in [1.165, 1.54) is 6.92 Å². The van der Waals surface area contributed by atoms with Crippen molar-refractivity contribution >= 4 is 18.0 Å². The van der Waals surface area contributed by atoms with Crippen LogP contribution in [0.15, 0.2) is 48.5 Å². The molecule has 0 bridgehead atoms. The Kier molecular flexibility index (Phi) is 7.37.